The number of rotatable bonds is 5. The molecule has 0 aromatic heterocycles. The molecule has 0 amide bonds. The maximum Gasteiger partial charge on any atom is 0.200 e. The second kappa shape index (κ2) is 7.92. The van der Waals surface area contributed by atoms with Crippen LogP contribution < -0.4 is 9.47 Å². The van der Waals surface area contributed by atoms with Crippen molar-refractivity contribution < 1.29 is 19.1 Å². The van der Waals surface area contributed by atoms with Crippen molar-refractivity contribution in [2.24, 2.45) is 0 Å². The Balaban J connectivity index is 1.48. The number of Topliss-reactive ketones (excluding diaryl/α,β-unsaturated/α-hetero) is 2. The van der Waals surface area contributed by atoms with Crippen molar-refractivity contribution in [1.29, 1.82) is 0 Å². The summed E-state index contributed by atoms with van der Waals surface area (Å²) in [6.45, 7) is 0.187. The number of hydrogen-bond donors (Lipinski definition) is 0. The Labute approximate surface area is 163 Å². The van der Waals surface area contributed by atoms with Gasteiger partial charge in [0.2, 0.25) is 0 Å². The van der Waals surface area contributed by atoms with E-state index in [9.17, 15) is 9.59 Å². The zero-order valence-electron chi connectivity index (χ0n) is 15.1. The molecule has 0 spiro atoms. The lowest BCUT2D eigenvalue weighted by molar-refractivity contribution is 0.0921. The summed E-state index contributed by atoms with van der Waals surface area (Å²) in [6, 6.07) is 23.6. The van der Waals surface area contributed by atoms with Gasteiger partial charge in [0.25, 0.3) is 0 Å². The van der Waals surface area contributed by atoms with Gasteiger partial charge < -0.3 is 9.47 Å². The van der Waals surface area contributed by atoms with Crippen LogP contribution in [0.25, 0.3) is 6.08 Å². The molecule has 28 heavy (non-hydrogen) atoms. The first-order chi connectivity index (χ1) is 13.7. The Bertz CT molecular complexity index is 1050. The van der Waals surface area contributed by atoms with Gasteiger partial charge >= 0.3 is 0 Å². The highest BCUT2D eigenvalue weighted by atomic mass is 16.5. The van der Waals surface area contributed by atoms with Gasteiger partial charge in [-0.05, 0) is 35.9 Å². The third-order valence-electron chi connectivity index (χ3n) is 4.47. The molecule has 4 heteroatoms. The van der Waals surface area contributed by atoms with Crippen molar-refractivity contribution in [3.8, 4) is 11.5 Å². The van der Waals surface area contributed by atoms with Crippen molar-refractivity contribution >= 4 is 17.6 Å². The number of hydrogen-bond acceptors (Lipinski definition) is 4. The van der Waals surface area contributed by atoms with Gasteiger partial charge in [0.15, 0.2) is 18.2 Å². The quantitative estimate of drug-likeness (QED) is 0.486. The number of benzene rings is 3. The van der Waals surface area contributed by atoms with E-state index >= 15 is 0 Å². The van der Waals surface area contributed by atoms with Gasteiger partial charge in [-0.3, -0.25) is 9.59 Å². The summed E-state index contributed by atoms with van der Waals surface area (Å²) in [5, 5.41) is 0. The van der Waals surface area contributed by atoms with E-state index in [1.807, 2.05) is 42.5 Å². The third kappa shape index (κ3) is 3.86. The van der Waals surface area contributed by atoms with Crippen LogP contribution in [0.2, 0.25) is 0 Å². The number of para-hydroxylation sites is 1. The molecule has 0 aliphatic carbocycles. The maximum atomic E-state index is 12.7. The molecule has 3 aromatic rings. The molecule has 0 unspecified atom stereocenters. The fourth-order valence-corrected chi connectivity index (χ4v) is 3.03. The van der Waals surface area contributed by atoms with E-state index in [0.29, 0.717) is 28.2 Å². The average Bonchev–Trinajstić information content (AvgIpc) is 2.75. The standard InChI is InChI=1S/C24H18O4/c25-22(18-8-2-1-3-9-18)16-27-20-10-6-7-17(14-20)13-19-15-28-23-12-5-4-11-21(23)24(19)26/h1-14H,15-16H2/b19-13+. The zero-order chi connectivity index (χ0) is 19.3. The fraction of sp³-hybridized carbons (Fsp3) is 0.0833. The third-order valence-corrected chi connectivity index (χ3v) is 4.47. The van der Waals surface area contributed by atoms with E-state index < -0.39 is 0 Å². The Morgan fingerprint density at radius 1 is 0.964 bits per heavy atom. The molecule has 138 valence electrons. The van der Waals surface area contributed by atoms with Crippen LogP contribution in [0.1, 0.15) is 26.3 Å². The second-order valence-corrected chi connectivity index (χ2v) is 6.43. The molecule has 0 bridgehead atoms. The molecule has 1 aliphatic heterocycles. The maximum absolute atomic E-state index is 12.7. The van der Waals surface area contributed by atoms with Crippen molar-refractivity contribution in [1.82, 2.24) is 0 Å². The monoisotopic (exact) mass is 370 g/mol. The first kappa shape index (κ1) is 17.7. The lowest BCUT2D eigenvalue weighted by Crippen LogP contribution is -2.18. The highest BCUT2D eigenvalue weighted by molar-refractivity contribution is 6.14. The van der Waals surface area contributed by atoms with E-state index in [4.69, 9.17) is 9.47 Å². The van der Waals surface area contributed by atoms with Crippen LogP contribution in [0, 0.1) is 0 Å². The van der Waals surface area contributed by atoms with Gasteiger partial charge in [-0.1, -0.05) is 54.6 Å². The van der Waals surface area contributed by atoms with Gasteiger partial charge in [-0.2, -0.15) is 0 Å². The normalized spacial score (nSPS) is 14.3. The molecular formula is C24H18O4. The van der Waals surface area contributed by atoms with Crippen LogP contribution in [0.5, 0.6) is 11.5 Å². The van der Waals surface area contributed by atoms with E-state index in [2.05, 4.69) is 0 Å². The molecule has 0 fully saturated rings. The van der Waals surface area contributed by atoms with Gasteiger partial charge in [0.1, 0.15) is 18.1 Å². The zero-order valence-corrected chi connectivity index (χ0v) is 15.1. The van der Waals surface area contributed by atoms with E-state index in [1.54, 1.807) is 42.5 Å². The topological polar surface area (TPSA) is 52.6 Å². The Morgan fingerprint density at radius 2 is 1.75 bits per heavy atom. The first-order valence-electron chi connectivity index (χ1n) is 8.99. The highest BCUT2D eigenvalue weighted by Gasteiger charge is 2.22. The van der Waals surface area contributed by atoms with Gasteiger partial charge in [0, 0.05) is 11.1 Å². The molecule has 0 saturated carbocycles. The second-order valence-electron chi connectivity index (χ2n) is 6.43. The minimum Gasteiger partial charge on any atom is -0.488 e. The Morgan fingerprint density at radius 3 is 2.61 bits per heavy atom. The lowest BCUT2D eigenvalue weighted by Gasteiger charge is -2.18. The molecule has 0 atom stereocenters. The summed E-state index contributed by atoms with van der Waals surface area (Å²) in [5.74, 6) is 1.06. The highest BCUT2D eigenvalue weighted by Crippen LogP contribution is 2.28. The molecule has 4 nitrogen and oxygen atoms in total. The minimum atomic E-state index is -0.0863. The van der Waals surface area contributed by atoms with Crippen LogP contribution in [0.3, 0.4) is 0 Å². The smallest absolute Gasteiger partial charge is 0.200 e. The van der Waals surface area contributed by atoms with E-state index in [1.165, 1.54) is 0 Å². The number of ether oxygens (including phenoxy) is 2. The van der Waals surface area contributed by atoms with Crippen LogP contribution in [-0.4, -0.2) is 24.8 Å². The van der Waals surface area contributed by atoms with Crippen molar-refractivity contribution in [2.45, 2.75) is 0 Å². The van der Waals surface area contributed by atoms with E-state index in [0.717, 1.165) is 5.56 Å². The predicted octanol–water partition coefficient (Wildman–Crippen LogP) is 4.61. The van der Waals surface area contributed by atoms with E-state index in [-0.39, 0.29) is 24.8 Å². The Kier molecular flexibility index (Phi) is 5.02. The number of carbonyl (C=O) groups is 2. The summed E-state index contributed by atoms with van der Waals surface area (Å²) >= 11 is 0. The van der Waals surface area contributed by atoms with Gasteiger partial charge in [-0.25, -0.2) is 0 Å². The SMILES string of the molecule is O=C(COc1cccc(/C=C2\COc3ccccc3C2=O)c1)c1ccccc1. The summed E-state index contributed by atoms with van der Waals surface area (Å²) in [7, 11) is 0. The summed E-state index contributed by atoms with van der Waals surface area (Å²) in [4.78, 5) is 24.8. The number of ketones is 2. The lowest BCUT2D eigenvalue weighted by atomic mass is 9.98. The summed E-state index contributed by atoms with van der Waals surface area (Å²) in [6.07, 6.45) is 1.80. The number of fused-ring (bicyclic) bond motifs is 1. The molecule has 4 rings (SSSR count). The molecule has 0 radical (unpaired) electrons. The van der Waals surface area contributed by atoms with Crippen molar-refractivity contribution in [3.63, 3.8) is 0 Å². The molecule has 3 aromatic carbocycles. The van der Waals surface area contributed by atoms with Crippen LogP contribution in [0.15, 0.2) is 84.4 Å². The Hall–Kier alpha value is -3.66. The van der Waals surface area contributed by atoms with Crippen molar-refractivity contribution in [2.75, 3.05) is 13.2 Å². The largest absolute Gasteiger partial charge is 0.488 e. The van der Waals surface area contributed by atoms with Crippen molar-refractivity contribution in [3.05, 3.63) is 101 Å². The fourth-order valence-electron chi connectivity index (χ4n) is 3.03. The van der Waals surface area contributed by atoms with Crippen LogP contribution >= 0.6 is 0 Å². The summed E-state index contributed by atoms with van der Waals surface area (Å²) in [5.41, 5.74) is 2.58. The van der Waals surface area contributed by atoms with Gasteiger partial charge in [0.05, 0.1) is 5.56 Å². The van der Waals surface area contributed by atoms with Crippen LogP contribution in [-0.2, 0) is 0 Å². The van der Waals surface area contributed by atoms with Crippen LogP contribution in [0.4, 0.5) is 0 Å². The summed E-state index contributed by atoms with van der Waals surface area (Å²) < 4.78 is 11.3. The molecule has 1 heterocycles. The predicted molar refractivity (Wildman–Crippen MR) is 107 cm³/mol. The van der Waals surface area contributed by atoms with Gasteiger partial charge in [-0.15, -0.1) is 0 Å². The molecular weight excluding hydrogens is 352 g/mol. The number of carbonyl (C=O) groups excluding carboxylic acids is 2. The minimum absolute atomic E-state index is 0.0348. The first-order valence-corrected chi connectivity index (χ1v) is 8.99. The average molecular weight is 370 g/mol. The molecule has 0 N–H and O–H groups in total. The molecule has 0 saturated heterocycles. The molecule has 1 aliphatic rings.